The second kappa shape index (κ2) is 4.32. The van der Waals surface area contributed by atoms with Gasteiger partial charge in [0, 0.05) is 5.69 Å². The molecule has 1 N–H and O–H groups in total. The first-order valence-electron chi connectivity index (χ1n) is 3.96. The zero-order chi connectivity index (χ0) is 9.84. The highest BCUT2D eigenvalue weighted by molar-refractivity contribution is 7.98. The molecule has 0 aliphatic rings. The predicted molar refractivity (Wildman–Crippen MR) is 51.1 cm³/mol. The Morgan fingerprint density at radius 2 is 2.38 bits per heavy atom. The lowest BCUT2D eigenvalue weighted by Crippen LogP contribution is -2.06. The number of ether oxygens (including phenoxy) is 1. The number of hydrogen-bond acceptors (Lipinski definition) is 4. The maximum atomic E-state index is 11.4. The number of H-pyrrole nitrogens is 1. The van der Waals surface area contributed by atoms with E-state index >= 15 is 0 Å². The van der Waals surface area contributed by atoms with Crippen LogP contribution in [0.2, 0.25) is 0 Å². The summed E-state index contributed by atoms with van der Waals surface area (Å²) in [4.78, 5) is 11.4. The van der Waals surface area contributed by atoms with E-state index in [-0.39, 0.29) is 5.97 Å². The molecule has 0 unspecified atom stereocenters. The number of carbonyl (C=O) groups excluding carboxylic acids is 1. The summed E-state index contributed by atoms with van der Waals surface area (Å²) in [5.74, 6) is -0.307. The summed E-state index contributed by atoms with van der Waals surface area (Å²) < 4.78 is 4.90. The smallest absolute Gasteiger partial charge is 0.342 e. The lowest BCUT2D eigenvalue weighted by Gasteiger charge is -2.00. The van der Waals surface area contributed by atoms with Crippen molar-refractivity contribution in [3.8, 4) is 0 Å². The summed E-state index contributed by atoms with van der Waals surface area (Å²) >= 11 is 1.43. The van der Waals surface area contributed by atoms with Crippen LogP contribution in [0.4, 0.5) is 0 Å². The molecule has 72 valence electrons. The Kier molecular flexibility index (Phi) is 3.36. The Balaban J connectivity index is 2.96. The van der Waals surface area contributed by atoms with Crippen molar-refractivity contribution in [3.05, 3.63) is 11.3 Å². The largest absolute Gasteiger partial charge is 0.462 e. The van der Waals surface area contributed by atoms with Crippen molar-refractivity contribution in [2.24, 2.45) is 0 Å². The molecule has 0 aliphatic carbocycles. The molecular weight excluding hydrogens is 188 g/mol. The molecule has 5 heteroatoms. The highest BCUT2D eigenvalue weighted by Crippen LogP contribution is 2.20. The van der Waals surface area contributed by atoms with Crippen molar-refractivity contribution in [2.75, 3.05) is 12.9 Å². The Bertz CT molecular complexity index is 309. The van der Waals surface area contributed by atoms with Crippen molar-refractivity contribution in [1.82, 2.24) is 10.2 Å². The number of aromatic nitrogens is 2. The maximum Gasteiger partial charge on any atom is 0.342 e. The number of aromatic amines is 1. The minimum atomic E-state index is -0.307. The van der Waals surface area contributed by atoms with Gasteiger partial charge in [-0.25, -0.2) is 4.79 Å². The molecule has 0 atom stereocenters. The van der Waals surface area contributed by atoms with Crippen LogP contribution in [-0.4, -0.2) is 29.0 Å². The Hall–Kier alpha value is -0.970. The second-order valence-electron chi connectivity index (χ2n) is 2.45. The van der Waals surface area contributed by atoms with E-state index < -0.39 is 0 Å². The van der Waals surface area contributed by atoms with E-state index in [4.69, 9.17) is 4.74 Å². The van der Waals surface area contributed by atoms with Crippen LogP contribution in [0.25, 0.3) is 0 Å². The van der Waals surface area contributed by atoms with E-state index in [0.29, 0.717) is 17.2 Å². The molecule has 0 amide bonds. The number of esters is 1. The van der Waals surface area contributed by atoms with Crippen LogP contribution in [-0.2, 0) is 4.74 Å². The molecule has 0 radical (unpaired) electrons. The lowest BCUT2D eigenvalue weighted by molar-refractivity contribution is 0.0521. The maximum absolute atomic E-state index is 11.4. The summed E-state index contributed by atoms with van der Waals surface area (Å²) in [6, 6.07) is 0. The fourth-order valence-corrected chi connectivity index (χ4v) is 1.58. The number of nitrogens with one attached hydrogen (secondary N) is 1. The quantitative estimate of drug-likeness (QED) is 0.595. The van der Waals surface area contributed by atoms with Crippen molar-refractivity contribution in [3.63, 3.8) is 0 Å². The second-order valence-corrected chi connectivity index (χ2v) is 3.25. The SMILES string of the molecule is CCOC(=O)c1c(SC)n[nH]c1C. The van der Waals surface area contributed by atoms with Crippen LogP contribution in [0.15, 0.2) is 5.03 Å². The molecule has 1 heterocycles. The molecule has 0 aliphatic heterocycles. The fraction of sp³-hybridized carbons (Fsp3) is 0.500. The molecule has 4 nitrogen and oxygen atoms in total. The average molecular weight is 200 g/mol. The lowest BCUT2D eigenvalue weighted by atomic mass is 10.3. The Morgan fingerprint density at radius 1 is 1.69 bits per heavy atom. The molecule has 0 bridgehead atoms. The minimum absolute atomic E-state index is 0.307. The van der Waals surface area contributed by atoms with Gasteiger partial charge in [-0.2, -0.15) is 5.10 Å². The van der Waals surface area contributed by atoms with Gasteiger partial charge >= 0.3 is 5.97 Å². The van der Waals surface area contributed by atoms with E-state index in [9.17, 15) is 4.79 Å². The molecule has 0 saturated heterocycles. The van der Waals surface area contributed by atoms with Gasteiger partial charge in [0.1, 0.15) is 10.6 Å². The summed E-state index contributed by atoms with van der Waals surface area (Å²) in [7, 11) is 0. The zero-order valence-corrected chi connectivity index (χ0v) is 8.70. The van der Waals surface area contributed by atoms with Gasteiger partial charge in [0.15, 0.2) is 0 Å². The Labute approximate surface area is 81.1 Å². The number of carbonyl (C=O) groups is 1. The third kappa shape index (κ3) is 2.03. The summed E-state index contributed by atoms with van der Waals surface area (Å²) in [5.41, 5.74) is 1.30. The van der Waals surface area contributed by atoms with Crippen molar-refractivity contribution >= 4 is 17.7 Å². The first-order chi connectivity index (χ1) is 6.20. The third-order valence-corrected chi connectivity index (χ3v) is 2.27. The van der Waals surface area contributed by atoms with Gasteiger partial charge in [-0.05, 0) is 20.1 Å². The number of aryl methyl sites for hydroxylation is 1. The van der Waals surface area contributed by atoms with E-state index in [1.54, 1.807) is 13.8 Å². The Morgan fingerprint density at radius 3 is 2.92 bits per heavy atom. The summed E-state index contributed by atoms with van der Waals surface area (Å²) in [5, 5.41) is 7.42. The van der Waals surface area contributed by atoms with Crippen LogP contribution < -0.4 is 0 Å². The predicted octanol–water partition coefficient (Wildman–Crippen LogP) is 1.62. The van der Waals surface area contributed by atoms with Gasteiger partial charge in [0.2, 0.25) is 0 Å². The molecular formula is C8H12N2O2S. The number of nitrogens with zero attached hydrogens (tertiary/aromatic N) is 1. The van der Waals surface area contributed by atoms with Gasteiger partial charge in [-0.15, -0.1) is 11.8 Å². The number of rotatable bonds is 3. The van der Waals surface area contributed by atoms with Gasteiger partial charge in [0.25, 0.3) is 0 Å². The molecule has 1 rings (SSSR count). The average Bonchev–Trinajstić information content (AvgIpc) is 2.47. The monoisotopic (exact) mass is 200 g/mol. The van der Waals surface area contributed by atoms with Gasteiger partial charge in [-0.1, -0.05) is 0 Å². The molecule has 0 spiro atoms. The van der Waals surface area contributed by atoms with Crippen LogP contribution in [0, 0.1) is 6.92 Å². The van der Waals surface area contributed by atoms with Crippen molar-refractivity contribution in [1.29, 1.82) is 0 Å². The minimum Gasteiger partial charge on any atom is -0.462 e. The molecule has 0 aromatic carbocycles. The fourth-order valence-electron chi connectivity index (χ4n) is 0.998. The highest BCUT2D eigenvalue weighted by Gasteiger charge is 2.18. The summed E-state index contributed by atoms with van der Waals surface area (Å²) in [6.45, 7) is 3.97. The van der Waals surface area contributed by atoms with Crippen LogP contribution in [0.1, 0.15) is 23.0 Å². The topological polar surface area (TPSA) is 55.0 Å². The van der Waals surface area contributed by atoms with Crippen LogP contribution in [0.3, 0.4) is 0 Å². The van der Waals surface area contributed by atoms with Gasteiger partial charge in [0.05, 0.1) is 6.61 Å². The number of hydrogen-bond donors (Lipinski definition) is 1. The molecule has 0 saturated carbocycles. The molecule has 1 aromatic rings. The summed E-state index contributed by atoms with van der Waals surface area (Å²) in [6.07, 6.45) is 1.87. The third-order valence-electron chi connectivity index (χ3n) is 1.59. The zero-order valence-electron chi connectivity index (χ0n) is 7.88. The van der Waals surface area contributed by atoms with E-state index in [2.05, 4.69) is 10.2 Å². The van der Waals surface area contributed by atoms with Gasteiger partial charge < -0.3 is 4.74 Å². The van der Waals surface area contributed by atoms with Gasteiger partial charge in [-0.3, -0.25) is 5.10 Å². The van der Waals surface area contributed by atoms with Crippen molar-refractivity contribution < 1.29 is 9.53 Å². The van der Waals surface area contributed by atoms with Crippen molar-refractivity contribution in [2.45, 2.75) is 18.9 Å². The van der Waals surface area contributed by atoms with E-state index in [0.717, 1.165) is 5.69 Å². The normalized spacial score (nSPS) is 10.1. The number of thioether (sulfide) groups is 1. The molecule has 1 aromatic heterocycles. The first-order valence-corrected chi connectivity index (χ1v) is 5.19. The first kappa shape index (κ1) is 10.1. The standard InChI is InChI=1S/C8H12N2O2S/c1-4-12-8(11)6-5(2)9-10-7(6)13-3/h4H2,1-3H3,(H,9,10). The van der Waals surface area contributed by atoms with E-state index in [1.165, 1.54) is 11.8 Å². The highest BCUT2D eigenvalue weighted by atomic mass is 32.2. The molecule has 13 heavy (non-hydrogen) atoms. The van der Waals surface area contributed by atoms with Crippen LogP contribution in [0.5, 0.6) is 0 Å². The van der Waals surface area contributed by atoms with Crippen LogP contribution >= 0.6 is 11.8 Å². The molecule has 0 fully saturated rings. The van der Waals surface area contributed by atoms with E-state index in [1.807, 2.05) is 6.26 Å².